The van der Waals surface area contributed by atoms with Crippen molar-refractivity contribution >= 4 is 28.0 Å². The van der Waals surface area contributed by atoms with E-state index in [0.717, 1.165) is 43.8 Å². The van der Waals surface area contributed by atoms with Gasteiger partial charge >= 0.3 is 0 Å². The van der Waals surface area contributed by atoms with Crippen LogP contribution in [0.3, 0.4) is 0 Å². The molecule has 4 fully saturated rings. The monoisotopic (exact) mass is 624 g/mol. The average molecular weight is 626 g/mol. The van der Waals surface area contributed by atoms with Crippen LogP contribution in [-0.2, 0) is 19.1 Å². The molecule has 0 N–H and O–H groups in total. The molecule has 3 saturated carbocycles. The Labute approximate surface area is 256 Å². The van der Waals surface area contributed by atoms with E-state index in [-0.39, 0.29) is 5.79 Å². The largest absolute Gasteiger partial charge is 0.348 e. The fourth-order valence-electron chi connectivity index (χ4n) is 6.98. The van der Waals surface area contributed by atoms with Gasteiger partial charge in [0.05, 0.1) is 13.2 Å². The molecule has 1 spiro atoms. The summed E-state index contributed by atoms with van der Waals surface area (Å²) in [5, 5.41) is 1.19. The fourth-order valence-corrected chi connectivity index (χ4v) is 7.63. The molecule has 224 valence electrons. The summed E-state index contributed by atoms with van der Waals surface area (Å²) in [5.41, 5.74) is 5.94. The molecule has 2 aromatic rings. The first-order valence-corrected chi connectivity index (χ1v) is 17.0. The molecule has 6 rings (SSSR count). The van der Waals surface area contributed by atoms with Crippen LogP contribution < -0.4 is 0 Å². The van der Waals surface area contributed by atoms with Crippen molar-refractivity contribution in [2.45, 2.75) is 109 Å². The van der Waals surface area contributed by atoms with Crippen LogP contribution in [0, 0.1) is 25.7 Å². The lowest BCUT2D eigenvalue weighted by atomic mass is 9.78. The summed E-state index contributed by atoms with van der Waals surface area (Å²) in [6.07, 6.45) is 13.9. The summed E-state index contributed by atoms with van der Waals surface area (Å²) in [6, 6.07) is 17.5. The minimum Gasteiger partial charge on any atom is -0.348 e. The highest BCUT2D eigenvalue weighted by Crippen LogP contribution is 2.38. The van der Waals surface area contributed by atoms with Gasteiger partial charge in [0.2, 0.25) is 0 Å². The molecule has 5 heteroatoms. The minimum atomic E-state index is -0.367. The number of hydrogen-bond acceptors (Lipinski definition) is 4. The first-order valence-electron chi connectivity index (χ1n) is 15.8. The number of ether oxygens (including phenoxy) is 2. The molecule has 2 aromatic carbocycles. The molecular weight excluding hydrogens is 576 g/mol. The summed E-state index contributed by atoms with van der Waals surface area (Å²) < 4.78 is 10.9. The Hall–Kier alpha value is -1.82. The number of carbonyl (C=O) groups excluding carboxylic acids is 2. The molecule has 0 radical (unpaired) electrons. The lowest BCUT2D eigenvalue weighted by molar-refractivity contribution is -0.179. The normalized spacial score (nSPS) is 27.2. The smallest absolute Gasteiger partial charge is 0.169 e. The Morgan fingerprint density at radius 2 is 1.22 bits per heavy atom. The number of carbonyl (C=O) groups is 2. The molecule has 4 aliphatic rings. The fraction of sp³-hybridized carbons (Fsp3) is 0.611. The standard InChI is InChI=1S/C14H19Br.C14H18O.C8H12O3/c2*1-11-4-2-3-5-14(11)13-8-6-12(10-15)7-9-13;9-7-1-3-8(4-2-7)10-5-6-11-8/h2-5,12-13H,6-10H2,1H3;2-5,10,12-13H,6-9H2,1H3;1-6H2. The summed E-state index contributed by atoms with van der Waals surface area (Å²) in [6.45, 7) is 5.80. The van der Waals surface area contributed by atoms with Crippen molar-refractivity contribution in [2.75, 3.05) is 18.5 Å². The molecule has 0 bridgehead atoms. The number of ketones is 1. The molecule has 41 heavy (non-hydrogen) atoms. The van der Waals surface area contributed by atoms with Crippen LogP contribution in [0.25, 0.3) is 0 Å². The second-order valence-electron chi connectivity index (χ2n) is 12.5. The van der Waals surface area contributed by atoms with Gasteiger partial charge in [-0.1, -0.05) is 64.5 Å². The molecule has 1 aliphatic heterocycles. The summed E-state index contributed by atoms with van der Waals surface area (Å²) in [7, 11) is 0. The molecule has 3 aliphatic carbocycles. The second-order valence-corrected chi connectivity index (χ2v) is 13.1. The number of aryl methyl sites for hydroxylation is 2. The first kappa shape index (κ1) is 32.1. The first-order chi connectivity index (χ1) is 19.9. The maximum atomic E-state index is 10.9. The second kappa shape index (κ2) is 16.1. The molecule has 1 saturated heterocycles. The van der Waals surface area contributed by atoms with E-state index in [1.54, 1.807) is 5.56 Å². The average Bonchev–Trinajstić information content (AvgIpc) is 3.48. The predicted octanol–water partition coefficient (Wildman–Crippen LogP) is 9.00. The van der Waals surface area contributed by atoms with Gasteiger partial charge in [0.1, 0.15) is 12.1 Å². The van der Waals surface area contributed by atoms with Crippen LogP contribution in [0.2, 0.25) is 0 Å². The van der Waals surface area contributed by atoms with Crippen molar-refractivity contribution in [1.82, 2.24) is 0 Å². The number of alkyl halides is 1. The minimum absolute atomic E-state index is 0.324. The predicted molar refractivity (Wildman–Crippen MR) is 170 cm³/mol. The summed E-state index contributed by atoms with van der Waals surface area (Å²) in [4.78, 5) is 21.6. The topological polar surface area (TPSA) is 52.6 Å². The Morgan fingerprint density at radius 3 is 1.66 bits per heavy atom. The van der Waals surface area contributed by atoms with Gasteiger partial charge in [0.15, 0.2) is 5.79 Å². The zero-order chi connectivity index (χ0) is 29.1. The van der Waals surface area contributed by atoms with E-state index in [4.69, 9.17) is 9.47 Å². The van der Waals surface area contributed by atoms with Crippen molar-refractivity contribution in [3.8, 4) is 0 Å². The summed E-state index contributed by atoms with van der Waals surface area (Å²) in [5.74, 6) is 2.72. The molecule has 0 atom stereocenters. The molecule has 0 unspecified atom stereocenters. The number of aldehydes is 1. The van der Waals surface area contributed by atoms with Gasteiger partial charge in [0.25, 0.3) is 0 Å². The van der Waals surface area contributed by atoms with Crippen LogP contribution in [0.15, 0.2) is 48.5 Å². The van der Waals surface area contributed by atoms with Gasteiger partial charge in [0, 0.05) is 36.9 Å². The lowest BCUT2D eigenvalue weighted by Crippen LogP contribution is -2.35. The zero-order valence-corrected chi connectivity index (χ0v) is 26.7. The van der Waals surface area contributed by atoms with Crippen molar-refractivity contribution in [3.63, 3.8) is 0 Å². The maximum Gasteiger partial charge on any atom is 0.169 e. The molecule has 0 aromatic heterocycles. The van der Waals surface area contributed by atoms with Crippen LogP contribution in [0.5, 0.6) is 0 Å². The highest BCUT2D eigenvalue weighted by Gasteiger charge is 2.39. The van der Waals surface area contributed by atoms with Crippen LogP contribution in [-0.4, -0.2) is 36.4 Å². The van der Waals surface area contributed by atoms with E-state index in [1.807, 2.05) is 0 Å². The van der Waals surface area contributed by atoms with Crippen molar-refractivity contribution in [3.05, 3.63) is 70.8 Å². The van der Waals surface area contributed by atoms with Crippen molar-refractivity contribution in [1.29, 1.82) is 0 Å². The van der Waals surface area contributed by atoms with Gasteiger partial charge in [-0.3, -0.25) is 4.79 Å². The third-order valence-corrected chi connectivity index (χ3v) is 10.6. The van der Waals surface area contributed by atoms with Crippen LogP contribution >= 0.6 is 15.9 Å². The van der Waals surface area contributed by atoms with E-state index >= 15 is 0 Å². The number of rotatable bonds is 4. The van der Waals surface area contributed by atoms with E-state index in [0.29, 0.717) is 43.7 Å². The van der Waals surface area contributed by atoms with Crippen LogP contribution in [0.1, 0.15) is 111 Å². The molecule has 0 amide bonds. The lowest BCUT2D eigenvalue weighted by Gasteiger charge is -2.30. The molecule has 4 nitrogen and oxygen atoms in total. The third-order valence-electron chi connectivity index (χ3n) is 9.67. The zero-order valence-electron chi connectivity index (χ0n) is 25.1. The highest BCUT2D eigenvalue weighted by molar-refractivity contribution is 9.09. The third kappa shape index (κ3) is 9.33. The van der Waals surface area contributed by atoms with Gasteiger partial charge in [-0.25, -0.2) is 0 Å². The number of benzene rings is 2. The summed E-state index contributed by atoms with van der Waals surface area (Å²) >= 11 is 3.60. The quantitative estimate of drug-likeness (QED) is 0.251. The number of hydrogen-bond donors (Lipinski definition) is 0. The van der Waals surface area contributed by atoms with E-state index in [2.05, 4.69) is 78.3 Å². The van der Waals surface area contributed by atoms with E-state index < -0.39 is 0 Å². The van der Waals surface area contributed by atoms with Crippen molar-refractivity contribution < 1.29 is 19.1 Å². The maximum absolute atomic E-state index is 10.9. The van der Waals surface area contributed by atoms with E-state index in [9.17, 15) is 9.59 Å². The Balaban J connectivity index is 0.000000144. The Morgan fingerprint density at radius 1 is 0.756 bits per heavy atom. The van der Waals surface area contributed by atoms with E-state index in [1.165, 1.54) is 60.5 Å². The van der Waals surface area contributed by atoms with Crippen LogP contribution in [0.4, 0.5) is 0 Å². The highest BCUT2D eigenvalue weighted by atomic mass is 79.9. The van der Waals surface area contributed by atoms with Crippen molar-refractivity contribution in [2.24, 2.45) is 11.8 Å². The Bertz CT molecular complexity index is 1080. The van der Waals surface area contributed by atoms with Gasteiger partial charge < -0.3 is 14.3 Å². The van der Waals surface area contributed by atoms with Gasteiger partial charge in [-0.05, 0) is 105 Å². The van der Waals surface area contributed by atoms with Gasteiger partial charge in [-0.15, -0.1) is 0 Å². The molecular formula is C36H49BrO4. The number of halogens is 1. The number of Topliss-reactive ketones (excluding diaryl/α,β-unsaturated/α-hetero) is 1. The SMILES string of the molecule is Cc1ccccc1C1CCC(C=O)CC1.Cc1ccccc1C1CCC(CBr)CC1.O=C1CCC2(CC1)OCCO2. The molecule has 1 heterocycles. The van der Waals surface area contributed by atoms with Gasteiger partial charge in [-0.2, -0.15) is 0 Å². The Kier molecular flexibility index (Phi) is 12.6.